The van der Waals surface area contributed by atoms with Crippen molar-refractivity contribution in [1.82, 2.24) is 0 Å². The highest BCUT2D eigenvalue weighted by atomic mass is 127. The lowest BCUT2D eigenvalue weighted by atomic mass is 9.98. The average Bonchev–Trinajstić information content (AvgIpc) is 2.42. The molecule has 1 nitrogen and oxygen atoms in total. The second-order valence-corrected chi connectivity index (χ2v) is 6.69. The molecule has 0 fully saturated rings. The standard InChI is InChI=1S/C17H16ClIO/c1-11(2)13-5-3-12(4-6-13)9-17(20)14-7-8-16(19)15(18)10-14/h3-8,10-11H,9H2,1-2H3. The Kier molecular flexibility index (Phi) is 5.22. The SMILES string of the molecule is CC(C)c1ccc(CC(=O)c2ccc(I)c(Cl)c2)cc1. The lowest BCUT2D eigenvalue weighted by Gasteiger charge is -2.07. The molecule has 0 aliphatic rings. The van der Waals surface area contributed by atoms with Crippen LogP contribution in [0, 0.1) is 3.57 Å². The van der Waals surface area contributed by atoms with Gasteiger partial charge in [0.25, 0.3) is 0 Å². The van der Waals surface area contributed by atoms with Crippen LogP contribution in [0.2, 0.25) is 5.02 Å². The van der Waals surface area contributed by atoms with E-state index in [1.54, 1.807) is 6.07 Å². The minimum absolute atomic E-state index is 0.0978. The molecular formula is C17H16ClIO. The van der Waals surface area contributed by atoms with Gasteiger partial charge in [0, 0.05) is 15.6 Å². The van der Waals surface area contributed by atoms with Crippen LogP contribution in [0.15, 0.2) is 42.5 Å². The van der Waals surface area contributed by atoms with Crippen LogP contribution in [0.25, 0.3) is 0 Å². The topological polar surface area (TPSA) is 17.1 Å². The van der Waals surface area contributed by atoms with Crippen molar-refractivity contribution < 1.29 is 4.79 Å². The van der Waals surface area contributed by atoms with Crippen molar-refractivity contribution in [3.05, 3.63) is 67.7 Å². The van der Waals surface area contributed by atoms with Crippen molar-refractivity contribution in [1.29, 1.82) is 0 Å². The highest BCUT2D eigenvalue weighted by Crippen LogP contribution is 2.21. The molecule has 0 aliphatic heterocycles. The molecule has 0 aliphatic carbocycles. The quantitative estimate of drug-likeness (QED) is 0.491. The maximum Gasteiger partial charge on any atom is 0.167 e. The number of benzene rings is 2. The van der Waals surface area contributed by atoms with Gasteiger partial charge in [-0.25, -0.2) is 0 Å². The third-order valence-electron chi connectivity index (χ3n) is 3.25. The lowest BCUT2D eigenvalue weighted by Crippen LogP contribution is -2.04. The van der Waals surface area contributed by atoms with Gasteiger partial charge in [-0.3, -0.25) is 4.79 Å². The Labute approximate surface area is 138 Å². The van der Waals surface area contributed by atoms with E-state index in [1.165, 1.54) is 5.56 Å². The molecule has 0 saturated carbocycles. The Morgan fingerprint density at radius 1 is 1.15 bits per heavy atom. The molecule has 0 saturated heterocycles. The van der Waals surface area contributed by atoms with Crippen molar-refractivity contribution >= 4 is 40.0 Å². The van der Waals surface area contributed by atoms with E-state index < -0.39 is 0 Å². The fraction of sp³-hybridized carbons (Fsp3) is 0.235. The maximum absolute atomic E-state index is 12.2. The van der Waals surface area contributed by atoms with Gasteiger partial charge in [-0.1, -0.05) is 55.8 Å². The number of Topliss-reactive ketones (excluding diaryl/α,β-unsaturated/α-hetero) is 1. The Bertz CT molecular complexity index is 617. The highest BCUT2D eigenvalue weighted by Gasteiger charge is 2.09. The van der Waals surface area contributed by atoms with Crippen molar-refractivity contribution in [3.8, 4) is 0 Å². The molecule has 0 radical (unpaired) electrons. The van der Waals surface area contributed by atoms with Crippen LogP contribution in [-0.4, -0.2) is 5.78 Å². The normalized spacial score (nSPS) is 10.8. The molecular weight excluding hydrogens is 383 g/mol. The van der Waals surface area contributed by atoms with Crippen LogP contribution in [0.3, 0.4) is 0 Å². The summed E-state index contributed by atoms with van der Waals surface area (Å²) < 4.78 is 0.960. The van der Waals surface area contributed by atoms with Gasteiger partial charge < -0.3 is 0 Å². The van der Waals surface area contributed by atoms with Crippen molar-refractivity contribution in [2.24, 2.45) is 0 Å². The average molecular weight is 399 g/mol. The molecule has 0 atom stereocenters. The summed E-state index contributed by atoms with van der Waals surface area (Å²) in [5.74, 6) is 0.607. The third-order valence-corrected chi connectivity index (χ3v) is 4.82. The molecule has 0 amide bonds. The highest BCUT2D eigenvalue weighted by molar-refractivity contribution is 14.1. The van der Waals surface area contributed by atoms with E-state index in [1.807, 2.05) is 24.3 Å². The second-order valence-electron chi connectivity index (χ2n) is 5.13. The largest absolute Gasteiger partial charge is 0.294 e. The van der Waals surface area contributed by atoms with Crippen LogP contribution >= 0.6 is 34.2 Å². The third kappa shape index (κ3) is 3.83. The van der Waals surface area contributed by atoms with Crippen molar-refractivity contribution in [2.75, 3.05) is 0 Å². The number of hydrogen-bond donors (Lipinski definition) is 0. The predicted octanol–water partition coefficient (Wildman–Crippen LogP) is 5.49. The Morgan fingerprint density at radius 3 is 2.35 bits per heavy atom. The summed E-state index contributed by atoms with van der Waals surface area (Å²) in [7, 11) is 0. The summed E-state index contributed by atoms with van der Waals surface area (Å²) in [6.45, 7) is 4.32. The van der Waals surface area contributed by atoms with Gasteiger partial charge in [0.15, 0.2) is 5.78 Å². The van der Waals surface area contributed by atoms with E-state index >= 15 is 0 Å². The van der Waals surface area contributed by atoms with E-state index in [0.717, 1.165) is 9.13 Å². The molecule has 0 N–H and O–H groups in total. The van der Waals surface area contributed by atoms with Gasteiger partial charge in [0.2, 0.25) is 0 Å². The fourth-order valence-corrected chi connectivity index (χ4v) is 2.49. The maximum atomic E-state index is 12.2. The second kappa shape index (κ2) is 6.72. The molecule has 0 heterocycles. The Morgan fingerprint density at radius 2 is 1.80 bits per heavy atom. The zero-order chi connectivity index (χ0) is 14.7. The summed E-state index contributed by atoms with van der Waals surface area (Å²) in [6.07, 6.45) is 0.412. The number of ketones is 1. The molecule has 2 rings (SSSR count). The van der Waals surface area contributed by atoms with Crippen LogP contribution < -0.4 is 0 Å². The number of halogens is 2. The minimum Gasteiger partial charge on any atom is -0.294 e. The van der Waals surface area contributed by atoms with Gasteiger partial charge in [0.05, 0.1) is 5.02 Å². The first-order chi connectivity index (χ1) is 9.47. The summed E-state index contributed by atoms with van der Waals surface area (Å²) >= 11 is 8.21. The first-order valence-electron chi connectivity index (χ1n) is 6.54. The monoisotopic (exact) mass is 398 g/mol. The minimum atomic E-state index is 0.0978. The summed E-state index contributed by atoms with van der Waals surface area (Å²) in [5.41, 5.74) is 3.00. The smallest absolute Gasteiger partial charge is 0.167 e. The Hall–Kier alpha value is -0.870. The zero-order valence-electron chi connectivity index (χ0n) is 11.5. The van der Waals surface area contributed by atoms with Crippen molar-refractivity contribution in [2.45, 2.75) is 26.2 Å². The van der Waals surface area contributed by atoms with E-state index in [-0.39, 0.29) is 5.78 Å². The molecule has 0 bridgehead atoms. The number of hydrogen-bond acceptors (Lipinski definition) is 1. The number of rotatable bonds is 4. The summed E-state index contributed by atoms with van der Waals surface area (Å²) in [6, 6.07) is 13.7. The van der Waals surface area contributed by atoms with Crippen LogP contribution in [0.4, 0.5) is 0 Å². The fourth-order valence-electron chi connectivity index (χ4n) is 1.98. The van der Waals surface area contributed by atoms with Crippen LogP contribution in [0.5, 0.6) is 0 Å². The molecule has 20 heavy (non-hydrogen) atoms. The first kappa shape index (κ1) is 15.5. The van der Waals surface area contributed by atoms with Crippen molar-refractivity contribution in [3.63, 3.8) is 0 Å². The number of carbonyl (C=O) groups excluding carboxylic acids is 1. The first-order valence-corrected chi connectivity index (χ1v) is 8.00. The number of carbonyl (C=O) groups is 1. The van der Waals surface area contributed by atoms with Gasteiger partial charge in [-0.2, -0.15) is 0 Å². The van der Waals surface area contributed by atoms with Gasteiger partial charge >= 0.3 is 0 Å². The lowest BCUT2D eigenvalue weighted by molar-refractivity contribution is 0.0993. The summed E-state index contributed by atoms with van der Waals surface area (Å²) in [5, 5.41) is 0.631. The Balaban J connectivity index is 2.12. The predicted molar refractivity (Wildman–Crippen MR) is 92.7 cm³/mol. The van der Waals surface area contributed by atoms with Gasteiger partial charge in [0.1, 0.15) is 0 Å². The molecule has 0 unspecified atom stereocenters. The van der Waals surface area contributed by atoms with E-state index in [2.05, 4.69) is 48.6 Å². The molecule has 104 valence electrons. The van der Waals surface area contributed by atoms with E-state index in [0.29, 0.717) is 22.9 Å². The molecule has 0 spiro atoms. The van der Waals surface area contributed by atoms with E-state index in [9.17, 15) is 4.79 Å². The molecule has 2 aromatic rings. The molecule has 0 aromatic heterocycles. The van der Waals surface area contributed by atoms with Gasteiger partial charge in [-0.15, -0.1) is 0 Å². The molecule has 2 aromatic carbocycles. The van der Waals surface area contributed by atoms with Crippen LogP contribution in [-0.2, 0) is 6.42 Å². The van der Waals surface area contributed by atoms with Gasteiger partial charge in [-0.05, 0) is 51.8 Å². The zero-order valence-corrected chi connectivity index (χ0v) is 14.4. The molecule has 3 heteroatoms. The van der Waals surface area contributed by atoms with E-state index in [4.69, 9.17) is 11.6 Å². The summed E-state index contributed by atoms with van der Waals surface area (Å²) in [4.78, 5) is 12.2. The van der Waals surface area contributed by atoms with Crippen LogP contribution in [0.1, 0.15) is 41.3 Å².